The van der Waals surface area contributed by atoms with Crippen molar-refractivity contribution < 1.29 is 27.9 Å². The van der Waals surface area contributed by atoms with Crippen LogP contribution in [0.15, 0.2) is 24.5 Å². The van der Waals surface area contributed by atoms with Crippen molar-refractivity contribution in [2.24, 2.45) is 0 Å². The van der Waals surface area contributed by atoms with Crippen LogP contribution in [0.1, 0.15) is 29.4 Å². The number of aryl methyl sites for hydroxylation is 1. The fourth-order valence-corrected chi connectivity index (χ4v) is 2.83. The van der Waals surface area contributed by atoms with Crippen LogP contribution in [0, 0.1) is 0 Å². The highest BCUT2D eigenvalue weighted by molar-refractivity contribution is 5.92. The highest BCUT2D eigenvalue weighted by atomic mass is 19.4. The van der Waals surface area contributed by atoms with E-state index in [-0.39, 0.29) is 37.4 Å². The van der Waals surface area contributed by atoms with Gasteiger partial charge in [0, 0.05) is 25.2 Å². The van der Waals surface area contributed by atoms with Crippen LogP contribution in [0.3, 0.4) is 0 Å². The molecular formula is C14H14F3N5O3. The van der Waals surface area contributed by atoms with Gasteiger partial charge in [-0.1, -0.05) is 0 Å². The quantitative estimate of drug-likeness (QED) is 0.899. The molecule has 0 bridgehead atoms. The Balaban J connectivity index is 1.73. The van der Waals surface area contributed by atoms with Gasteiger partial charge in [-0.25, -0.2) is 9.48 Å². The molecule has 0 radical (unpaired) electrons. The number of amides is 1. The molecule has 11 heteroatoms. The van der Waals surface area contributed by atoms with Crippen LogP contribution in [-0.4, -0.2) is 49.3 Å². The molecule has 0 saturated carbocycles. The minimum atomic E-state index is -4.44. The van der Waals surface area contributed by atoms with Crippen molar-refractivity contribution in [3.8, 4) is 0 Å². The second kappa shape index (κ2) is 6.22. The van der Waals surface area contributed by atoms with E-state index in [0.717, 1.165) is 4.68 Å². The molecule has 1 unspecified atom stereocenters. The molecule has 0 fully saturated rings. The summed E-state index contributed by atoms with van der Waals surface area (Å²) in [5, 5.41) is 16.5. The van der Waals surface area contributed by atoms with Gasteiger partial charge in [0.1, 0.15) is 11.5 Å². The summed E-state index contributed by atoms with van der Waals surface area (Å²) < 4.78 is 41.1. The third kappa shape index (κ3) is 3.21. The van der Waals surface area contributed by atoms with Crippen LogP contribution in [-0.2, 0) is 11.3 Å². The number of nitrogens with zero attached hydrogens (tertiary/aromatic N) is 5. The van der Waals surface area contributed by atoms with E-state index in [1.807, 2.05) is 0 Å². The molecule has 1 aliphatic heterocycles. The molecule has 2 aromatic heterocycles. The van der Waals surface area contributed by atoms with E-state index in [4.69, 9.17) is 5.11 Å². The van der Waals surface area contributed by atoms with Gasteiger partial charge in [0.25, 0.3) is 0 Å². The van der Waals surface area contributed by atoms with Gasteiger partial charge < -0.3 is 5.11 Å². The fourth-order valence-electron chi connectivity index (χ4n) is 2.83. The number of carbonyl (C=O) groups is 2. The maximum Gasteiger partial charge on any atom is 0.410 e. The number of alkyl halides is 3. The number of aromatic nitrogens is 4. The van der Waals surface area contributed by atoms with Gasteiger partial charge in [0.05, 0.1) is 12.7 Å². The van der Waals surface area contributed by atoms with E-state index in [2.05, 4.69) is 10.2 Å². The van der Waals surface area contributed by atoms with Crippen molar-refractivity contribution in [3.05, 3.63) is 30.2 Å². The summed E-state index contributed by atoms with van der Waals surface area (Å²) in [5.74, 6) is -1.51. The van der Waals surface area contributed by atoms with Gasteiger partial charge >= 0.3 is 12.1 Å². The van der Waals surface area contributed by atoms with Gasteiger partial charge in [0.2, 0.25) is 5.91 Å². The van der Waals surface area contributed by atoms with E-state index in [9.17, 15) is 22.8 Å². The van der Waals surface area contributed by atoms with Crippen LogP contribution < -0.4 is 4.90 Å². The average molecular weight is 357 g/mol. The number of hydrogen-bond acceptors (Lipinski definition) is 4. The number of halogens is 3. The van der Waals surface area contributed by atoms with Crippen LogP contribution >= 0.6 is 0 Å². The molecule has 2 aromatic rings. The first-order valence-corrected chi connectivity index (χ1v) is 7.44. The van der Waals surface area contributed by atoms with Crippen LogP contribution in [0.4, 0.5) is 19.0 Å². The van der Waals surface area contributed by atoms with Gasteiger partial charge in [-0.15, -0.1) is 0 Å². The Bertz CT molecular complexity index is 798. The molecule has 134 valence electrons. The maximum absolute atomic E-state index is 13.0. The normalized spacial score (nSPS) is 17.4. The monoisotopic (exact) mass is 357 g/mol. The zero-order valence-corrected chi connectivity index (χ0v) is 12.8. The topological polar surface area (TPSA) is 93.2 Å². The number of carboxylic acid groups (broad SMARTS) is 1. The second-order valence-corrected chi connectivity index (χ2v) is 5.52. The summed E-state index contributed by atoms with van der Waals surface area (Å²) in [7, 11) is 0. The lowest BCUT2D eigenvalue weighted by molar-refractivity contribution is -0.172. The molecule has 3 rings (SSSR count). The Morgan fingerprint density at radius 3 is 2.64 bits per heavy atom. The summed E-state index contributed by atoms with van der Waals surface area (Å²) in [6.07, 6.45) is -2.30. The number of carbonyl (C=O) groups excluding carboxylic acids is 1. The Morgan fingerprint density at radius 1 is 1.24 bits per heavy atom. The van der Waals surface area contributed by atoms with Crippen molar-refractivity contribution in [1.29, 1.82) is 0 Å². The summed E-state index contributed by atoms with van der Waals surface area (Å²) in [5.41, 5.74) is -0.0615. The Morgan fingerprint density at radius 2 is 1.96 bits per heavy atom. The molecule has 1 amide bonds. The predicted octanol–water partition coefficient (Wildman–Crippen LogP) is 1.71. The van der Waals surface area contributed by atoms with Gasteiger partial charge in [-0.3, -0.25) is 14.4 Å². The van der Waals surface area contributed by atoms with Crippen LogP contribution in [0.2, 0.25) is 0 Å². The summed E-state index contributed by atoms with van der Waals surface area (Å²) >= 11 is 0. The number of aromatic carboxylic acids is 1. The number of rotatable bonds is 4. The Hall–Kier alpha value is -2.85. The summed E-state index contributed by atoms with van der Waals surface area (Å²) in [6.45, 7) is -0.0690. The lowest BCUT2D eigenvalue weighted by atomic mass is 10.1. The van der Waals surface area contributed by atoms with Crippen LogP contribution in [0.5, 0.6) is 0 Å². The van der Waals surface area contributed by atoms with E-state index in [1.54, 1.807) is 0 Å². The number of anilines is 1. The molecule has 1 N–H and O–H groups in total. The fraction of sp³-hybridized carbons (Fsp3) is 0.429. The Kier molecular flexibility index (Phi) is 4.23. The third-order valence-electron chi connectivity index (χ3n) is 4.00. The smallest absolute Gasteiger partial charge is 0.410 e. The number of fused-ring (bicyclic) bond motifs is 1. The first kappa shape index (κ1) is 17.0. The molecule has 0 aliphatic carbocycles. The lowest BCUT2D eigenvalue weighted by Gasteiger charge is -2.33. The van der Waals surface area contributed by atoms with Crippen LogP contribution in [0.25, 0.3) is 0 Å². The maximum atomic E-state index is 13.0. The van der Waals surface area contributed by atoms with Crippen molar-refractivity contribution in [2.75, 3.05) is 11.4 Å². The largest absolute Gasteiger partial charge is 0.477 e. The SMILES string of the molecule is O=C(O)c1ccnn1CCC(=O)N1CCC(C(F)(F)F)n2nccc21. The molecule has 0 aromatic carbocycles. The molecule has 0 spiro atoms. The number of carboxylic acids is 1. The van der Waals surface area contributed by atoms with Gasteiger partial charge in [-0.2, -0.15) is 23.4 Å². The van der Waals surface area contributed by atoms with E-state index in [0.29, 0.717) is 0 Å². The van der Waals surface area contributed by atoms with Crippen molar-refractivity contribution in [1.82, 2.24) is 19.6 Å². The summed E-state index contributed by atoms with van der Waals surface area (Å²) in [6, 6.07) is 0.898. The van der Waals surface area contributed by atoms with Crippen molar-refractivity contribution in [3.63, 3.8) is 0 Å². The standard InChI is InChI=1S/C14H14F3N5O3/c15-14(16,17)10-3-7-20(11-2-6-19-22(10)11)12(23)4-8-21-9(13(24)25)1-5-18-21/h1-2,5-6,10H,3-4,7-8H2,(H,24,25). The molecule has 3 heterocycles. The molecule has 1 aliphatic rings. The second-order valence-electron chi connectivity index (χ2n) is 5.52. The molecule has 0 saturated heterocycles. The first-order chi connectivity index (χ1) is 11.8. The van der Waals surface area contributed by atoms with E-state index < -0.39 is 24.1 Å². The third-order valence-corrected chi connectivity index (χ3v) is 4.00. The molecule has 1 atom stereocenters. The van der Waals surface area contributed by atoms with E-state index in [1.165, 1.54) is 34.1 Å². The summed E-state index contributed by atoms with van der Waals surface area (Å²) in [4.78, 5) is 24.7. The minimum absolute atomic E-state index is 0.0147. The molecular weight excluding hydrogens is 343 g/mol. The zero-order valence-electron chi connectivity index (χ0n) is 12.8. The lowest BCUT2D eigenvalue weighted by Crippen LogP contribution is -2.43. The predicted molar refractivity (Wildman–Crippen MR) is 78.1 cm³/mol. The average Bonchev–Trinajstić information content (AvgIpc) is 3.19. The van der Waals surface area contributed by atoms with E-state index >= 15 is 0 Å². The Labute approximate surface area is 139 Å². The first-order valence-electron chi connectivity index (χ1n) is 7.44. The zero-order chi connectivity index (χ0) is 18.2. The highest BCUT2D eigenvalue weighted by Crippen LogP contribution is 2.39. The minimum Gasteiger partial charge on any atom is -0.477 e. The molecule has 8 nitrogen and oxygen atoms in total. The van der Waals surface area contributed by atoms with Gasteiger partial charge in [0.15, 0.2) is 6.04 Å². The van der Waals surface area contributed by atoms with Crippen molar-refractivity contribution in [2.45, 2.75) is 31.6 Å². The van der Waals surface area contributed by atoms with Crippen molar-refractivity contribution >= 4 is 17.7 Å². The number of hydrogen-bond donors (Lipinski definition) is 1. The van der Waals surface area contributed by atoms with Gasteiger partial charge in [-0.05, 0) is 12.5 Å². The highest BCUT2D eigenvalue weighted by Gasteiger charge is 2.45. The molecule has 25 heavy (non-hydrogen) atoms.